The zero-order valence-corrected chi connectivity index (χ0v) is 12.8. The predicted octanol–water partition coefficient (Wildman–Crippen LogP) is 2.24. The van der Waals surface area contributed by atoms with Crippen molar-refractivity contribution in [2.45, 2.75) is 38.8 Å². The number of likely N-dealkylation sites (tertiary alicyclic amines) is 1. The second-order valence-electron chi connectivity index (χ2n) is 6.63. The van der Waals surface area contributed by atoms with Crippen molar-refractivity contribution in [3.63, 3.8) is 0 Å². The van der Waals surface area contributed by atoms with E-state index >= 15 is 0 Å². The lowest BCUT2D eigenvalue weighted by Crippen LogP contribution is -2.41. The van der Waals surface area contributed by atoms with Crippen molar-refractivity contribution in [1.82, 2.24) is 4.90 Å². The molecule has 1 aromatic carbocycles. The van der Waals surface area contributed by atoms with E-state index in [-0.39, 0.29) is 0 Å². The quantitative estimate of drug-likeness (QED) is 0.917. The van der Waals surface area contributed by atoms with Crippen LogP contribution < -0.4 is 10.6 Å². The second kappa shape index (κ2) is 5.74. The van der Waals surface area contributed by atoms with Crippen molar-refractivity contribution in [3.8, 4) is 0 Å². The Bertz CT molecular complexity index is 469. The normalized spacial score (nSPS) is 24.8. The molecule has 2 aliphatic rings. The van der Waals surface area contributed by atoms with E-state index in [9.17, 15) is 0 Å². The van der Waals surface area contributed by atoms with E-state index in [0.717, 1.165) is 19.6 Å². The Labute approximate surface area is 122 Å². The minimum atomic E-state index is 0.325. The first-order valence-corrected chi connectivity index (χ1v) is 7.94. The van der Waals surface area contributed by atoms with E-state index in [4.69, 9.17) is 5.73 Å². The molecule has 1 fully saturated rings. The number of rotatable bonds is 3. The summed E-state index contributed by atoms with van der Waals surface area (Å²) in [5, 5.41) is 0. The Hall–Kier alpha value is -1.06. The highest BCUT2D eigenvalue weighted by Crippen LogP contribution is 2.28. The average molecular weight is 273 g/mol. The van der Waals surface area contributed by atoms with Crippen LogP contribution in [0.2, 0.25) is 0 Å². The largest absolute Gasteiger partial charge is 0.374 e. The Morgan fingerprint density at radius 2 is 2.20 bits per heavy atom. The van der Waals surface area contributed by atoms with Crippen LogP contribution in [0.1, 0.15) is 30.9 Å². The van der Waals surface area contributed by atoms with E-state index in [1.165, 1.54) is 42.6 Å². The molecule has 2 heterocycles. The lowest BCUT2D eigenvalue weighted by molar-refractivity contribution is 0.154. The van der Waals surface area contributed by atoms with Crippen LogP contribution in [-0.2, 0) is 13.0 Å². The highest BCUT2D eigenvalue weighted by molar-refractivity contribution is 5.58. The highest BCUT2D eigenvalue weighted by Gasteiger charge is 2.23. The van der Waals surface area contributed by atoms with E-state index < -0.39 is 0 Å². The molecular formula is C17H27N3. The van der Waals surface area contributed by atoms with Crippen molar-refractivity contribution in [2.24, 2.45) is 11.7 Å². The smallest absolute Gasteiger partial charge is 0.0397 e. The summed E-state index contributed by atoms with van der Waals surface area (Å²) in [5.41, 5.74) is 10.5. The van der Waals surface area contributed by atoms with Gasteiger partial charge in [-0.05, 0) is 55.8 Å². The minimum Gasteiger partial charge on any atom is -0.374 e. The van der Waals surface area contributed by atoms with Crippen LogP contribution in [-0.4, -0.2) is 37.6 Å². The third kappa shape index (κ3) is 2.84. The molecule has 0 amide bonds. The lowest BCUT2D eigenvalue weighted by atomic mass is 9.92. The second-order valence-corrected chi connectivity index (χ2v) is 6.63. The van der Waals surface area contributed by atoms with Crippen LogP contribution in [0.15, 0.2) is 18.2 Å². The Kier molecular flexibility index (Phi) is 3.99. The Morgan fingerprint density at radius 3 is 3.00 bits per heavy atom. The summed E-state index contributed by atoms with van der Waals surface area (Å²) in [6.07, 6.45) is 3.78. The predicted molar refractivity (Wildman–Crippen MR) is 85.1 cm³/mol. The number of piperidine rings is 1. The zero-order valence-electron chi connectivity index (χ0n) is 12.8. The number of anilines is 1. The summed E-state index contributed by atoms with van der Waals surface area (Å²) < 4.78 is 0. The SMILES string of the molecule is CC(N)C1CCCN(Cc2ccc3c(c2)CCN3C)C1. The van der Waals surface area contributed by atoms with E-state index in [0.29, 0.717) is 12.0 Å². The van der Waals surface area contributed by atoms with Gasteiger partial charge in [-0.15, -0.1) is 0 Å². The number of benzene rings is 1. The van der Waals surface area contributed by atoms with Gasteiger partial charge in [0.1, 0.15) is 0 Å². The van der Waals surface area contributed by atoms with Crippen molar-refractivity contribution in [2.75, 3.05) is 31.6 Å². The molecule has 110 valence electrons. The molecule has 0 spiro atoms. The summed E-state index contributed by atoms with van der Waals surface area (Å²) in [6.45, 7) is 6.78. The summed E-state index contributed by atoms with van der Waals surface area (Å²) in [6, 6.07) is 7.33. The Morgan fingerprint density at radius 1 is 1.35 bits per heavy atom. The summed E-state index contributed by atoms with van der Waals surface area (Å²) in [5.74, 6) is 0.671. The van der Waals surface area contributed by atoms with Gasteiger partial charge in [0, 0.05) is 38.4 Å². The first kappa shape index (κ1) is 13.9. The molecule has 2 N–H and O–H groups in total. The van der Waals surface area contributed by atoms with Crippen LogP contribution >= 0.6 is 0 Å². The maximum absolute atomic E-state index is 6.08. The third-order valence-electron chi connectivity index (χ3n) is 4.96. The molecule has 0 radical (unpaired) electrons. The van der Waals surface area contributed by atoms with Gasteiger partial charge >= 0.3 is 0 Å². The van der Waals surface area contributed by atoms with E-state index in [1.807, 2.05) is 0 Å². The fourth-order valence-electron chi connectivity index (χ4n) is 3.64. The summed E-state index contributed by atoms with van der Waals surface area (Å²) in [7, 11) is 2.18. The van der Waals surface area contributed by atoms with Crippen molar-refractivity contribution >= 4 is 5.69 Å². The number of nitrogens with zero attached hydrogens (tertiary/aromatic N) is 2. The molecule has 3 rings (SSSR count). The van der Waals surface area contributed by atoms with Crippen LogP contribution in [0.5, 0.6) is 0 Å². The van der Waals surface area contributed by atoms with Crippen LogP contribution in [0.4, 0.5) is 5.69 Å². The van der Waals surface area contributed by atoms with Gasteiger partial charge in [0.2, 0.25) is 0 Å². The molecule has 2 atom stereocenters. The molecule has 1 saturated heterocycles. The molecule has 1 aromatic rings. The number of fused-ring (bicyclic) bond motifs is 1. The van der Waals surface area contributed by atoms with Crippen molar-refractivity contribution in [3.05, 3.63) is 29.3 Å². The summed E-state index contributed by atoms with van der Waals surface area (Å²) >= 11 is 0. The number of hydrogen-bond acceptors (Lipinski definition) is 3. The first-order valence-electron chi connectivity index (χ1n) is 7.94. The minimum absolute atomic E-state index is 0.325. The van der Waals surface area contributed by atoms with Gasteiger partial charge in [-0.1, -0.05) is 12.1 Å². The molecule has 2 unspecified atom stereocenters. The molecule has 20 heavy (non-hydrogen) atoms. The molecule has 0 aromatic heterocycles. The first-order chi connectivity index (χ1) is 9.63. The highest BCUT2D eigenvalue weighted by atomic mass is 15.1. The molecule has 3 heteroatoms. The molecule has 0 bridgehead atoms. The molecule has 0 saturated carbocycles. The fourth-order valence-corrected chi connectivity index (χ4v) is 3.64. The van der Waals surface area contributed by atoms with Gasteiger partial charge in [0.15, 0.2) is 0 Å². The van der Waals surface area contributed by atoms with Crippen LogP contribution in [0.3, 0.4) is 0 Å². The zero-order chi connectivity index (χ0) is 14.1. The topological polar surface area (TPSA) is 32.5 Å². The summed E-state index contributed by atoms with van der Waals surface area (Å²) in [4.78, 5) is 4.93. The lowest BCUT2D eigenvalue weighted by Gasteiger charge is -2.34. The van der Waals surface area contributed by atoms with E-state index in [2.05, 4.69) is 42.0 Å². The number of likely N-dealkylation sites (N-methyl/N-ethyl adjacent to an activating group) is 1. The van der Waals surface area contributed by atoms with Crippen molar-refractivity contribution in [1.29, 1.82) is 0 Å². The molecule has 2 aliphatic heterocycles. The average Bonchev–Trinajstić information content (AvgIpc) is 2.80. The monoisotopic (exact) mass is 273 g/mol. The number of hydrogen-bond donors (Lipinski definition) is 1. The van der Waals surface area contributed by atoms with Gasteiger partial charge < -0.3 is 10.6 Å². The van der Waals surface area contributed by atoms with Crippen LogP contribution in [0.25, 0.3) is 0 Å². The molecular weight excluding hydrogens is 246 g/mol. The maximum Gasteiger partial charge on any atom is 0.0397 e. The van der Waals surface area contributed by atoms with Gasteiger partial charge in [0.05, 0.1) is 0 Å². The Balaban J connectivity index is 1.66. The van der Waals surface area contributed by atoms with Crippen LogP contribution in [0, 0.1) is 5.92 Å². The standard InChI is InChI=1S/C17H27N3/c1-13(18)16-4-3-8-20(12-16)11-14-5-6-17-15(10-14)7-9-19(17)2/h5-6,10,13,16H,3-4,7-9,11-12,18H2,1-2H3. The van der Waals surface area contributed by atoms with E-state index in [1.54, 1.807) is 0 Å². The number of nitrogens with two attached hydrogens (primary N) is 1. The third-order valence-corrected chi connectivity index (χ3v) is 4.96. The molecule has 3 nitrogen and oxygen atoms in total. The maximum atomic E-state index is 6.08. The van der Waals surface area contributed by atoms with Crippen molar-refractivity contribution < 1.29 is 0 Å². The van der Waals surface area contributed by atoms with Gasteiger partial charge in [-0.2, -0.15) is 0 Å². The van der Waals surface area contributed by atoms with Gasteiger partial charge in [-0.3, -0.25) is 4.90 Å². The molecule has 0 aliphatic carbocycles. The van der Waals surface area contributed by atoms with Gasteiger partial charge in [-0.25, -0.2) is 0 Å². The van der Waals surface area contributed by atoms with Gasteiger partial charge in [0.25, 0.3) is 0 Å². The fraction of sp³-hybridized carbons (Fsp3) is 0.647.